The molecule has 20 heteroatoms. The minimum atomic E-state index is -1.01. The second-order valence-electron chi connectivity index (χ2n) is 24.8. The fraction of sp³-hybridized carbons (Fsp3) is 0.385. The number of rotatable bonds is 11. The van der Waals surface area contributed by atoms with E-state index < -0.39 is 36.5 Å². The molecule has 2 aromatic heterocycles. The lowest BCUT2D eigenvalue weighted by Crippen LogP contribution is -2.70. The molecule has 6 saturated carbocycles. The average molecular weight is 1200 g/mol. The van der Waals surface area contributed by atoms with Crippen LogP contribution in [-0.4, -0.2) is 89.6 Å². The van der Waals surface area contributed by atoms with Crippen molar-refractivity contribution in [3.05, 3.63) is 176 Å². The number of nitrogens with one attached hydrogen (secondary N) is 5. The van der Waals surface area contributed by atoms with Gasteiger partial charge in [0.1, 0.15) is 11.2 Å². The summed E-state index contributed by atoms with van der Waals surface area (Å²) < 4.78 is 25.8. The molecular weight excluding hydrogens is 1120 g/mol. The monoisotopic (exact) mass is 1200 g/mol. The summed E-state index contributed by atoms with van der Waals surface area (Å²) in [5.74, 6) is 0.0909. The number of alkyl halides is 1. The molecule has 0 saturated heterocycles. The molecule has 0 atom stereocenters. The van der Waals surface area contributed by atoms with E-state index in [9.17, 15) is 23.6 Å². The van der Waals surface area contributed by atoms with E-state index in [1.54, 1.807) is 57.4 Å². The Balaban J connectivity index is 0.000000166. The van der Waals surface area contributed by atoms with Gasteiger partial charge in [0.05, 0.1) is 47.9 Å². The minimum Gasteiger partial charge on any atom is -0.478 e. The summed E-state index contributed by atoms with van der Waals surface area (Å²) in [6, 6.07) is 29.4. The molecule has 2 heterocycles. The Labute approximate surface area is 506 Å². The summed E-state index contributed by atoms with van der Waals surface area (Å²) in [5.41, 5.74) is 15.3. The van der Waals surface area contributed by atoms with Crippen LogP contribution >= 0.6 is 23.2 Å². The Bertz CT molecular complexity index is 3560. The molecule has 0 spiro atoms. The highest BCUT2D eigenvalue weighted by Crippen LogP contribution is 2.54. The Morgan fingerprint density at radius 3 is 1.46 bits per heavy atom. The highest BCUT2D eigenvalue weighted by molar-refractivity contribution is 6.32. The molecule has 0 radical (unpaired) electrons. The average Bonchev–Trinajstić information content (AvgIpc) is 0.984. The number of carbonyl (C=O) groups excluding carboxylic acids is 3. The van der Waals surface area contributed by atoms with E-state index in [0.717, 1.165) is 98.7 Å². The number of hydrogen-bond acceptors (Lipinski definition) is 13. The molecule has 85 heavy (non-hydrogen) atoms. The van der Waals surface area contributed by atoms with E-state index in [4.69, 9.17) is 54.9 Å². The van der Waals surface area contributed by atoms with Gasteiger partial charge in [0.15, 0.2) is 0 Å². The molecule has 0 unspecified atom stereocenters. The number of nitrogens with two attached hydrogens (primary N) is 1. The Morgan fingerprint density at radius 2 is 1.02 bits per heavy atom. The number of hydrogen-bond donors (Lipinski definition) is 7. The minimum absolute atomic E-state index is 0.0213. The van der Waals surface area contributed by atoms with Gasteiger partial charge in [0.25, 0.3) is 5.91 Å². The van der Waals surface area contributed by atoms with Crippen molar-refractivity contribution in [1.82, 2.24) is 25.3 Å². The smallest absolute Gasteiger partial charge is 0.412 e. The Hall–Kier alpha value is -7.93. The van der Waals surface area contributed by atoms with Crippen LogP contribution in [0.3, 0.4) is 0 Å². The van der Waals surface area contributed by atoms with E-state index in [0.29, 0.717) is 38.9 Å². The predicted octanol–water partition coefficient (Wildman–Crippen LogP) is 14.0. The van der Waals surface area contributed by atoms with Crippen LogP contribution in [0, 0.1) is 0 Å². The number of nitrogens with zero attached hydrogens (tertiary/aromatic N) is 4. The highest BCUT2D eigenvalue weighted by atomic mass is 35.5. The van der Waals surface area contributed by atoms with Crippen LogP contribution in [-0.2, 0) is 22.3 Å². The van der Waals surface area contributed by atoms with Gasteiger partial charge in [-0.2, -0.15) is 0 Å². The number of amides is 3. The number of halogens is 3. The van der Waals surface area contributed by atoms with Gasteiger partial charge in [-0.3, -0.25) is 19.8 Å². The molecule has 8 aliphatic rings. The maximum atomic E-state index is 13.2. The van der Waals surface area contributed by atoms with Crippen molar-refractivity contribution in [1.29, 1.82) is 0 Å². The number of aromatic carboxylic acids is 1. The Morgan fingerprint density at radius 1 is 0.612 bits per heavy atom. The van der Waals surface area contributed by atoms with Crippen molar-refractivity contribution >= 4 is 81.7 Å². The number of carboxylic acids is 1. The number of carboxylic acid groups (broad SMARTS) is 1. The summed E-state index contributed by atoms with van der Waals surface area (Å²) in [4.78, 5) is 65.8. The fourth-order valence-electron chi connectivity index (χ4n) is 12.5. The second-order valence-corrected chi connectivity index (χ2v) is 25.6. The second kappa shape index (κ2) is 25.0. The molecule has 8 N–H and O–H groups in total. The van der Waals surface area contributed by atoms with Crippen LogP contribution in [0.1, 0.15) is 161 Å². The number of fused-ring (bicyclic) bond motifs is 6. The molecule has 14 rings (SSSR count). The van der Waals surface area contributed by atoms with Crippen molar-refractivity contribution in [3.63, 3.8) is 0 Å². The van der Waals surface area contributed by atoms with Crippen molar-refractivity contribution in [3.8, 4) is 0 Å². The van der Waals surface area contributed by atoms with E-state index in [2.05, 4.69) is 85.1 Å². The van der Waals surface area contributed by atoms with Gasteiger partial charge >= 0.3 is 18.2 Å². The van der Waals surface area contributed by atoms with Gasteiger partial charge in [-0.05, 0) is 189 Å². The number of carbonyl (C=O) groups is 4. The van der Waals surface area contributed by atoms with Crippen molar-refractivity contribution in [2.24, 2.45) is 5.73 Å². The highest BCUT2D eigenvalue weighted by Gasteiger charge is 2.58. The van der Waals surface area contributed by atoms with Crippen LogP contribution in [0.5, 0.6) is 0 Å². The zero-order valence-electron chi connectivity index (χ0n) is 49.6. The van der Waals surface area contributed by atoms with Crippen LogP contribution < -0.4 is 32.3 Å². The SMILES string of the molecule is CC(C)(C)OC(=O)Nc1ccc(C(=O)NC23CCCC(Nc4ncc(Cl)c(C5=CCc6ccccc65)n4)(C2)C3)cc1.CC(C)(C)OC(=O)Nc1ccc(C(=O)O)cc1.NC12CCCC(Nc3ncc(Cl)c(C4=CCc5ccccc54)n3)(C1)C2.[2H]CF. The molecule has 8 aliphatic carbocycles. The number of anilines is 4. The standard InChI is InChI=1S/C32H34ClN5O3.C20H21ClN4.C12H15NO4.CH3F/c1-30(2,3)41-29(40)35-22-12-9-21(10-13-22)27(39)37-31-15-6-16-32(18-31,19-31)38-28-34-17-25(33)26(36-28)24-14-11-20-7-4-5-8-23(20)24;21-16-10-23-18(25-20-9-3-8-19(22,11-20)12-20)24-17(16)15-7-6-13-4-1-2-5-14(13)15;1-12(2,3)17-11(16)13-9-6-4-8(5-7-9)10(14)15;1-2/h4-5,7-10,12-14,17H,6,11,15-16,18-19H2,1-3H3,(H,35,40)(H,37,39)(H,34,36,38);1-2,4-5,7,10H,3,6,8-9,11-12,22H2,(H,23,24,25);4-7H,1-3H3,(H,13,16)(H,14,15);1H3/i;;;1D. The molecule has 6 aromatic rings. The van der Waals surface area contributed by atoms with E-state index >= 15 is 0 Å². The number of ether oxygens (including phenoxy) is 2. The molecule has 3 amide bonds. The van der Waals surface area contributed by atoms with Crippen molar-refractivity contribution in [2.45, 2.75) is 152 Å². The first-order chi connectivity index (χ1) is 40.8. The molecule has 6 fully saturated rings. The number of benzene rings is 4. The summed E-state index contributed by atoms with van der Waals surface area (Å²) in [6.07, 6.45) is 18.4. The first kappa shape index (κ1) is 60.2. The molecular formula is C65H73Cl2FN10O7. The molecule has 446 valence electrons. The third-order valence-corrected chi connectivity index (χ3v) is 16.3. The quantitative estimate of drug-likeness (QED) is 0.0638. The summed E-state index contributed by atoms with van der Waals surface area (Å²) in [5, 5.41) is 25.5. The third-order valence-electron chi connectivity index (χ3n) is 15.7. The molecule has 17 nitrogen and oxygen atoms in total. The van der Waals surface area contributed by atoms with E-state index in [1.165, 1.54) is 47.4 Å². The zero-order chi connectivity index (χ0) is 61.7. The number of aromatic nitrogens is 4. The summed E-state index contributed by atoms with van der Waals surface area (Å²) in [6.45, 7) is 10.7. The van der Waals surface area contributed by atoms with E-state index in [-0.39, 0.29) is 33.6 Å². The lowest BCUT2D eigenvalue weighted by atomic mass is 9.54. The van der Waals surface area contributed by atoms with Gasteiger partial charge < -0.3 is 36.3 Å². The lowest BCUT2D eigenvalue weighted by molar-refractivity contribution is 0.0272. The molecule has 0 aliphatic heterocycles. The van der Waals surface area contributed by atoms with Crippen LogP contribution in [0.4, 0.5) is 37.3 Å². The van der Waals surface area contributed by atoms with Gasteiger partial charge in [-0.15, -0.1) is 0 Å². The molecule has 4 aromatic carbocycles. The normalized spacial score (nSPS) is 22.0. The molecule has 4 bridgehead atoms. The lowest BCUT2D eigenvalue weighted by Gasteiger charge is -2.61. The maximum absolute atomic E-state index is 13.2. The van der Waals surface area contributed by atoms with Gasteiger partial charge in [-0.25, -0.2) is 34.3 Å². The summed E-state index contributed by atoms with van der Waals surface area (Å²) in [7, 11) is -1.00. The van der Waals surface area contributed by atoms with Crippen LogP contribution in [0.2, 0.25) is 10.0 Å². The first-order valence-electron chi connectivity index (χ1n) is 29.1. The van der Waals surface area contributed by atoms with Gasteiger partial charge in [-0.1, -0.05) is 83.9 Å². The maximum Gasteiger partial charge on any atom is 0.412 e. The Kier molecular flexibility index (Phi) is 17.7. The van der Waals surface area contributed by atoms with Crippen molar-refractivity contribution in [2.75, 3.05) is 28.4 Å². The van der Waals surface area contributed by atoms with Crippen molar-refractivity contribution < 1.29 is 39.5 Å². The van der Waals surface area contributed by atoms with Gasteiger partial charge in [0.2, 0.25) is 11.9 Å². The summed E-state index contributed by atoms with van der Waals surface area (Å²) >= 11 is 13.0. The van der Waals surface area contributed by atoms with E-state index in [1.807, 2.05) is 32.9 Å². The van der Waals surface area contributed by atoms with Crippen LogP contribution in [0.15, 0.2) is 122 Å². The first-order valence-corrected chi connectivity index (χ1v) is 29.1. The topological polar surface area (TPSA) is 245 Å². The largest absolute Gasteiger partial charge is 0.478 e. The predicted molar refractivity (Wildman–Crippen MR) is 331 cm³/mol. The third kappa shape index (κ3) is 15.0. The fourth-order valence-corrected chi connectivity index (χ4v) is 12.9. The van der Waals surface area contributed by atoms with Gasteiger partial charge in [0, 0.05) is 50.2 Å². The number of allylic oxidation sites excluding steroid dienone is 2. The van der Waals surface area contributed by atoms with Crippen LogP contribution in [0.25, 0.3) is 11.1 Å². The zero-order valence-corrected chi connectivity index (χ0v) is 50.1.